The summed E-state index contributed by atoms with van der Waals surface area (Å²) in [5, 5.41) is 13.3. The van der Waals surface area contributed by atoms with Crippen molar-refractivity contribution in [3.05, 3.63) is 62.0 Å². The Kier molecular flexibility index (Phi) is 4.27. The molecule has 21 heavy (non-hydrogen) atoms. The second-order valence-corrected chi connectivity index (χ2v) is 5.05. The SMILES string of the molecule is Cc1cc(NC(=O)c2ccc(F)cc2[N+](=O)[O-])ncc1Br. The maximum absolute atomic E-state index is 13.0. The number of halogens is 2. The van der Waals surface area contributed by atoms with Gasteiger partial charge < -0.3 is 5.32 Å². The van der Waals surface area contributed by atoms with Crippen LogP contribution in [0, 0.1) is 22.9 Å². The van der Waals surface area contributed by atoms with Crippen molar-refractivity contribution in [2.45, 2.75) is 6.92 Å². The number of benzene rings is 1. The van der Waals surface area contributed by atoms with Crippen LogP contribution in [0.25, 0.3) is 0 Å². The number of carbonyl (C=O) groups excluding carboxylic acids is 1. The number of amides is 1. The van der Waals surface area contributed by atoms with Crippen molar-refractivity contribution in [1.29, 1.82) is 0 Å². The smallest absolute Gasteiger partial charge is 0.285 e. The molecule has 0 aliphatic rings. The minimum Gasteiger partial charge on any atom is -0.306 e. The van der Waals surface area contributed by atoms with Crippen molar-refractivity contribution in [1.82, 2.24) is 4.98 Å². The summed E-state index contributed by atoms with van der Waals surface area (Å²) in [5.41, 5.74) is 0.0130. The minimum absolute atomic E-state index is 0.233. The Bertz CT molecular complexity index is 737. The van der Waals surface area contributed by atoms with Gasteiger partial charge in [0.05, 0.1) is 11.0 Å². The summed E-state index contributed by atoms with van der Waals surface area (Å²) in [6.07, 6.45) is 1.50. The maximum atomic E-state index is 13.0. The van der Waals surface area contributed by atoms with Gasteiger partial charge in [-0.1, -0.05) is 0 Å². The number of anilines is 1. The number of pyridine rings is 1. The van der Waals surface area contributed by atoms with Crippen LogP contribution < -0.4 is 5.32 Å². The van der Waals surface area contributed by atoms with Gasteiger partial charge in [0.2, 0.25) is 0 Å². The highest BCUT2D eigenvalue weighted by atomic mass is 79.9. The Morgan fingerprint density at radius 2 is 2.14 bits per heavy atom. The topological polar surface area (TPSA) is 85.1 Å². The van der Waals surface area contributed by atoms with Crippen molar-refractivity contribution in [2.75, 3.05) is 5.32 Å². The largest absolute Gasteiger partial charge is 0.306 e. The van der Waals surface area contributed by atoms with E-state index in [4.69, 9.17) is 0 Å². The molecule has 0 spiro atoms. The highest BCUT2D eigenvalue weighted by Crippen LogP contribution is 2.22. The predicted octanol–water partition coefficient (Wildman–Crippen LogP) is 3.45. The molecule has 0 atom stereocenters. The summed E-state index contributed by atoms with van der Waals surface area (Å²) < 4.78 is 13.8. The van der Waals surface area contributed by atoms with E-state index in [-0.39, 0.29) is 11.4 Å². The van der Waals surface area contributed by atoms with Gasteiger partial charge in [-0.15, -0.1) is 0 Å². The first-order valence-corrected chi connectivity index (χ1v) is 6.55. The third-order valence-electron chi connectivity index (χ3n) is 2.69. The molecule has 0 saturated carbocycles. The van der Waals surface area contributed by atoms with E-state index in [0.29, 0.717) is 6.07 Å². The van der Waals surface area contributed by atoms with Gasteiger partial charge in [-0.3, -0.25) is 14.9 Å². The highest BCUT2D eigenvalue weighted by molar-refractivity contribution is 9.10. The van der Waals surface area contributed by atoms with Crippen LogP contribution in [0.4, 0.5) is 15.9 Å². The second kappa shape index (κ2) is 5.96. The van der Waals surface area contributed by atoms with E-state index in [1.807, 2.05) is 6.92 Å². The highest BCUT2D eigenvalue weighted by Gasteiger charge is 2.21. The van der Waals surface area contributed by atoms with Crippen LogP contribution in [0.3, 0.4) is 0 Å². The lowest BCUT2D eigenvalue weighted by atomic mass is 10.1. The van der Waals surface area contributed by atoms with Crippen LogP contribution >= 0.6 is 15.9 Å². The Labute approximate surface area is 127 Å². The molecule has 0 radical (unpaired) electrons. The number of carbonyl (C=O) groups is 1. The summed E-state index contributed by atoms with van der Waals surface area (Å²) in [4.78, 5) is 26.1. The molecule has 1 heterocycles. The van der Waals surface area contributed by atoms with Crippen LogP contribution in [0.5, 0.6) is 0 Å². The number of hydrogen-bond donors (Lipinski definition) is 1. The Morgan fingerprint density at radius 1 is 1.43 bits per heavy atom. The quantitative estimate of drug-likeness (QED) is 0.676. The molecule has 2 rings (SSSR count). The molecule has 1 aromatic heterocycles. The zero-order valence-corrected chi connectivity index (χ0v) is 12.3. The van der Waals surface area contributed by atoms with Gasteiger partial charge in [0.15, 0.2) is 0 Å². The summed E-state index contributed by atoms with van der Waals surface area (Å²) in [6.45, 7) is 1.81. The molecular weight excluding hydrogens is 345 g/mol. The molecule has 1 N–H and O–H groups in total. The van der Waals surface area contributed by atoms with Crippen molar-refractivity contribution in [3.63, 3.8) is 0 Å². The molecule has 0 bridgehead atoms. The van der Waals surface area contributed by atoms with E-state index >= 15 is 0 Å². The molecule has 6 nitrogen and oxygen atoms in total. The molecule has 0 saturated heterocycles. The normalized spacial score (nSPS) is 10.2. The number of rotatable bonds is 3. The fourth-order valence-corrected chi connectivity index (χ4v) is 1.86. The van der Waals surface area contributed by atoms with Crippen LogP contribution in [0.1, 0.15) is 15.9 Å². The Balaban J connectivity index is 2.32. The van der Waals surface area contributed by atoms with Crippen molar-refractivity contribution >= 4 is 33.3 Å². The average molecular weight is 354 g/mol. The van der Waals surface area contributed by atoms with Crippen molar-refractivity contribution in [3.8, 4) is 0 Å². The van der Waals surface area contributed by atoms with Crippen LogP contribution in [-0.4, -0.2) is 15.8 Å². The molecule has 1 amide bonds. The van der Waals surface area contributed by atoms with Crippen LogP contribution in [0.2, 0.25) is 0 Å². The summed E-state index contributed by atoms with van der Waals surface area (Å²) in [7, 11) is 0. The third-order valence-corrected chi connectivity index (χ3v) is 3.52. The number of aromatic nitrogens is 1. The molecule has 108 valence electrons. The van der Waals surface area contributed by atoms with Crippen LogP contribution in [-0.2, 0) is 0 Å². The first-order valence-electron chi connectivity index (χ1n) is 5.76. The van der Waals surface area contributed by atoms with E-state index in [1.165, 1.54) is 6.20 Å². The van der Waals surface area contributed by atoms with E-state index in [1.54, 1.807) is 6.07 Å². The lowest BCUT2D eigenvalue weighted by Crippen LogP contribution is -2.15. The van der Waals surface area contributed by atoms with Gasteiger partial charge in [-0.2, -0.15) is 0 Å². The number of nitrogens with zero attached hydrogens (tertiary/aromatic N) is 2. The van der Waals surface area contributed by atoms with Gasteiger partial charge >= 0.3 is 0 Å². The van der Waals surface area contributed by atoms with E-state index in [9.17, 15) is 19.3 Å². The Hall–Kier alpha value is -2.35. The van der Waals surface area contributed by atoms with Gasteiger partial charge in [0, 0.05) is 10.7 Å². The summed E-state index contributed by atoms with van der Waals surface area (Å²) in [6, 6.07) is 4.36. The molecule has 1 aromatic carbocycles. The minimum atomic E-state index is -0.807. The lowest BCUT2D eigenvalue weighted by molar-refractivity contribution is -0.385. The number of hydrogen-bond acceptors (Lipinski definition) is 4. The predicted molar refractivity (Wildman–Crippen MR) is 77.7 cm³/mol. The number of nitro benzene ring substituents is 1. The van der Waals surface area contributed by atoms with E-state index in [2.05, 4.69) is 26.2 Å². The maximum Gasteiger partial charge on any atom is 0.285 e. The Morgan fingerprint density at radius 3 is 2.76 bits per heavy atom. The van der Waals surface area contributed by atoms with Crippen molar-refractivity contribution in [2.24, 2.45) is 0 Å². The van der Waals surface area contributed by atoms with Crippen LogP contribution in [0.15, 0.2) is 34.9 Å². The fourth-order valence-electron chi connectivity index (χ4n) is 1.64. The summed E-state index contributed by atoms with van der Waals surface area (Å²) >= 11 is 3.27. The number of nitro groups is 1. The molecular formula is C13H9BrFN3O3. The zero-order chi connectivity index (χ0) is 15.6. The first kappa shape index (κ1) is 15.0. The first-order chi connectivity index (χ1) is 9.88. The van der Waals surface area contributed by atoms with Gasteiger partial charge in [-0.05, 0) is 46.6 Å². The van der Waals surface area contributed by atoms with Gasteiger partial charge in [-0.25, -0.2) is 9.37 Å². The van der Waals surface area contributed by atoms with Gasteiger partial charge in [0.1, 0.15) is 17.2 Å². The van der Waals surface area contributed by atoms with Gasteiger partial charge in [0.25, 0.3) is 11.6 Å². The van der Waals surface area contributed by atoms with E-state index in [0.717, 1.165) is 22.2 Å². The van der Waals surface area contributed by atoms with E-state index < -0.39 is 22.3 Å². The molecule has 0 fully saturated rings. The third kappa shape index (κ3) is 3.40. The monoisotopic (exact) mass is 353 g/mol. The fraction of sp³-hybridized carbons (Fsp3) is 0.0769. The molecule has 0 aliphatic carbocycles. The number of aryl methyl sites for hydroxylation is 1. The lowest BCUT2D eigenvalue weighted by Gasteiger charge is -2.06. The standard InChI is InChI=1S/C13H9BrFN3O3/c1-7-4-12(16-6-10(7)14)17-13(19)9-3-2-8(15)5-11(9)18(20)21/h2-6H,1H3,(H,16,17,19). The molecule has 0 aliphatic heterocycles. The molecule has 2 aromatic rings. The molecule has 0 unspecified atom stereocenters. The summed E-state index contributed by atoms with van der Waals surface area (Å²) in [5.74, 6) is -1.26. The second-order valence-electron chi connectivity index (χ2n) is 4.19. The molecule has 8 heteroatoms. The number of nitrogens with one attached hydrogen (secondary N) is 1. The average Bonchev–Trinajstić information content (AvgIpc) is 2.42. The zero-order valence-electron chi connectivity index (χ0n) is 10.8. The van der Waals surface area contributed by atoms with Crippen molar-refractivity contribution < 1.29 is 14.1 Å².